The van der Waals surface area contributed by atoms with Crippen LogP contribution in [0.25, 0.3) is 0 Å². The summed E-state index contributed by atoms with van der Waals surface area (Å²) in [4.78, 5) is 19.6. The minimum Gasteiger partial charge on any atom is -0.465 e. The van der Waals surface area contributed by atoms with Gasteiger partial charge >= 0.3 is 5.97 Å². The second-order valence-corrected chi connectivity index (χ2v) is 7.46. The summed E-state index contributed by atoms with van der Waals surface area (Å²) in [7, 11) is 1.32. The van der Waals surface area contributed by atoms with Gasteiger partial charge in [-0.25, -0.2) is 9.78 Å². The van der Waals surface area contributed by atoms with E-state index in [0.717, 1.165) is 12.8 Å². The molecule has 1 fully saturated rings. The molecule has 1 aliphatic carbocycles. The molecule has 0 saturated heterocycles. The number of methoxy groups -OCH3 is 1. The molecule has 1 aromatic carbocycles. The van der Waals surface area contributed by atoms with Gasteiger partial charge in [-0.3, -0.25) is 0 Å². The summed E-state index contributed by atoms with van der Waals surface area (Å²) >= 11 is 9.03. The lowest BCUT2D eigenvalue weighted by Gasteiger charge is -2.13. The molecule has 0 atom stereocenters. The van der Waals surface area contributed by atoms with Gasteiger partial charge in [0.05, 0.1) is 24.9 Å². The van der Waals surface area contributed by atoms with Crippen molar-refractivity contribution < 1.29 is 9.53 Å². The van der Waals surface area contributed by atoms with Crippen molar-refractivity contribution in [2.24, 2.45) is 5.92 Å². The number of nitrogens with one attached hydrogen (secondary N) is 1. The van der Waals surface area contributed by atoms with E-state index < -0.39 is 5.97 Å². The van der Waals surface area contributed by atoms with Crippen LogP contribution in [0.3, 0.4) is 0 Å². The first-order valence-corrected chi connectivity index (χ1v) is 9.94. The number of benzene rings is 1. The maximum Gasteiger partial charge on any atom is 0.339 e. The number of anilines is 3. The van der Waals surface area contributed by atoms with Crippen molar-refractivity contribution in [3.63, 3.8) is 0 Å². The SMILES string of the molecule is COC(=O)c1cc(Nc2ncc(Cl)c(N)n2)ccc1Br.N#CC1CCCCC1. The molecular formula is C19H21BrClN5O2. The van der Waals surface area contributed by atoms with Gasteiger partial charge in [0, 0.05) is 16.1 Å². The second kappa shape index (κ2) is 10.8. The molecule has 0 spiro atoms. The lowest BCUT2D eigenvalue weighted by atomic mass is 9.91. The minimum atomic E-state index is -0.447. The van der Waals surface area contributed by atoms with E-state index in [2.05, 4.69) is 37.3 Å². The molecule has 1 saturated carbocycles. The summed E-state index contributed by atoms with van der Waals surface area (Å²) in [5, 5.41) is 11.6. The highest BCUT2D eigenvalue weighted by Gasteiger charge is 2.12. The van der Waals surface area contributed by atoms with Crippen molar-refractivity contribution in [1.29, 1.82) is 5.26 Å². The van der Waals surface area contributed by atoms with Crippen LogP contribution >= 0.6 is 27.5 Å². The van der Waals surface area contributed by atoms with Gasteiger partial charge in [0.25, 0.3) is 0 Å². The second-order valence-electron chi connectivity index (χ2n) is 6.20. The van der Waals surface area contributed by atoms with Gasteiger partial charge in [0.2, 0.25) is 5.95 Å². The van der Waals surface area contributed by atoms with Crippen LogP contribution in [-0.4, -0.2) is 23.0 Å². The maximum absolute atomic E-state index is 11.6. The van der Waals surface area contributed by atoms with E-state index in [-0.39, 0.29) is 16.8 Å². The number of esters is 1. The fraction of sp³-hybridized carbons (Fsp3) is 0.368. The fourth-order valence-electron chi connectivity index (χ4n) is 2.67. The molecule has 9 heteroatoms. The number of hydrogen-bond donors (Lipinski definition) is 2. The molecule has 0 amide bonds. The monoisotopic (exact) mass is 465 g/mol. The zero-order valence-corrected chi connectivity index (χ0v) is 17.8. The topological polar surface area (TPSA) is 114 Å². The standard InChI is InChI=1S/C12H10BrClN4O2.C7H11N/c1-20-11(19)7-4-6(2-3-8(7)13)17-12-16-5-9(14)10(15)18-12;8-6-7-4-2-1-3-5-7/h2-5H,1H3,(H3,15,16,17,18);7H,1-5H2. The lowest BCUT2D eigenvalue weighted by molar-refractivity contribution is 0.0599. The van der Waals surface area contributed by atoms with Gasteiger partial charge < -0.3 is 15.8 Å². The van der Waals surface area contributed by atoms with Crippen LogP contribution in [0.1, 0.15) is 42.5 Å². The molecule has 0 bridgehead atoms. The van der Waals surface area contributed by atoms with Crippen molar-refractivity contribution in [3.8, 4) is 6.07 Å². The Morgan fingerprint density at radius 3 is 2.68 bits per heavy atom. The molecular weight excluding hydrogens is 446 g/mol. The summed E-state index contributed by atoms with van der Waals surface area (Å²) in [6.07, 6.45) is 7.59. The Labute approximate surface area is 177 Å². The molecule has 1 heterocycles. The van der Waals surface area contributed by atoms with Crippen molar-refractivity contribution in [2.45, 2.75) is 32.1 Å². The van der Waals surface area contributed by atoms with Gasteiger partial charge in [-0.2, -0.15) is 10.2 Å². The first-order chi connectivity index (χ1) is 13.4. The third-order valence-corrected chi connectivity index (χ3v) is 5.17. The number of nitriles is 1. The highest BCUT2D eigenvalue weighted by Crippen LogP contribution is 2.24. The number of ether oxygens (including phenoxy) is 1. The predicted octanol–water partition coefficient (Wildman–Crippen LogP) is 5.10. The number of carbonyl (C=O) groups is 1. The third kappa shape index (κ3) is 6.36. The molecule has 0 aliphatic heterocycles. The van der Waals surface area contributed by atoms with E-state index in [9.17, 15) is 4.79 Å². The average molecular weight is 467 g/mol. The van der Waals surface area contributed by atoms with Crippen molar-refractivity contribution in [1.82, 2.24) is 9.97 Å². The van der Waals surface area contributed by atoms with E-state index in [1.54, 1.807) is 18.2 Å². The normalized spacial score (nSPS) is 13.6. The molecule has 1 aromatic heterocycles. The van der Waals surface area contributed by atoms with Crippen LogP contribution in [0.5, 0.6) is 0 Å². The van der Waals surface area contributed by atoms with Gasteiger partial charge in [0.15, 0.2) is 0 Å². The van der Waals surface area contributed by atoms with E-state index in [1.165, 1.54) is 32.6 Å². The number of hydrogen-bond acceptors (Lipinski definition) is 7. The smallest absolute Gasteiger partial charge is 0.339 e. The van der Waals surface area contributed by atoms with Crippen LogP contribution in [-0.2, 0) is 4.74 Å². The molecule has 1 aliphatic rings. The number of nitrogen functional groups attached to an aromatic ring is 1. The molecule has 148 valence electrons. The van der Waals surface area contributed by atoms with Gasteiger partial charge in [-0.05, 0) is 47.0 Å². The van der Waals surface area contributed by atoms with Gasteiger partial charge in [-0.15, -0.1) is 0 Å². The molecule has 7 nitrogen and oxygen atoms in total. The molecule has 0 unspecified atom stereocenters. The van der Waals surface area contributed by atoms with E-state index in [1.807, 2.05) is 0 Å². The first-order valence-electron chi connectivity index (χ1n) is 8.77. The first kappa shape index (κ1) is 21.9. The van der Waals surface area contributed by atoms with E-state index in [0.29, 0.717) is 21.6 Å². The summed E-state index contributed by atoms with van der Waals surface area (Å²) < 4.78 is 5.32. The predicted molar refractivity (Wildman–Crippen MR) is 112 cm³/mol. The number of rotatable bonds is 3. The van der Waals surface area contributed by atoms with Crippen molar-refractivity contribution >= 4 is 51.0 Å². The van der Waals surface area contributed by atoms with Gasteiger partial charge in [0.1, 0.15) is 10.8 Å². The summed E-state index contributed by atoms with van der Waals surface area (Å²) in [5.74, 6) is 0.403. The fourth-order valence-corrected chi connectivity index (χ4v) is 3.17. The molecule has 28 heavy (non-hydrogen) atoms. The van der Waals surface area contributed by atoms with E-state index >= 15 is 0 Å². The quantitative estimate of drug-likeness (QED) is 0.605. The van der Waals surface area contributed by atoms with Crippen LogP contribution in [0, 0.1) is 17.2 Å². The number of nitrogens with two attached hydrogens (primary N) is 1. The maximum atomic E-state index is 11.6. The highest BCUT2D eigenvalue weighted by atomic mass is 79.9. The van der Waals surface area contributed by atoms with Crippen molar-refractivity contribution in [2.75, 3.05) is 18.2 Å². The van der Waals surface area contributed by atoms with Gasteiger partial charge in [-0.1, -0.05) is 30.9 Å². The summed E-state index contributed by atoms with van der Waals surface area (Å²) in [5.41, 5.74) is 6.60. The zero-order valence-electron chi connectivity index (χ0n) is 15.4. The number of halogens is 2. The summed E-state index contributed by atoms with van der Waals surface area (Å²) in [6, 6.07) is 7.39. The Balaban J connectivity index is 0.000000292. The Morgan fingerprint density at radius 2 is 2.11 bits per heavy atom. The molecule has 3 rings (SSSR count). The largest absolute Gasteiger partial charge is 0.465 e. The Hall–Kier alpha value is -2.37. The Morgan fingerprint density at radius 1 is 1.39 bits per heavy atom. The van der Waals surface area contributed by atoms with Crippen LogP contribution < -0.4 is 11.1 Å². The van der Waals surface area contributed by atoms with Crippen molar-refractivity contribution in [3.05, 3.63) is 39.5 Å². The lowest BCUT2D eigenvalue weighted by Crippen LogP contribution is -2.04. The number of nitrogens with zero attached hydrogens (tertiary/aromatic N) is 3. The average Bonchev–Trinajstić information content (AvgIpc) is 2.72. The van der Waals surface area contributed by atoms with Crippen LogP contribution in [0.15, 0.2) is 28.9 Å². The third-order valence-electron chi connectivity index (χ3n) is 4.19. The zero-order chi connectivity index (χ0) is 20.5. The van der Waals surface area contributed by atoms with E-state index in [4.69, 9.17) is 27.3 Å². The number of aromatic nitrogens is 2. The molecule has 0 radical (unpaired) electrons. The highest BCUT2D eigenvalue weighted by molar-refractivity contribution is 9.10. The van der Waals surface area contributed by atoms with Crippen LogP contribution in [0.4, 0.5) is 17.5 Å². The summed E-state index contributed by atoms with van der Waals surface area (Å²) in [6.45, 7) is 0. The molecule has 3 N–H and O–H groups in total. The Bertz CT molecular complexity index is 866. The minimum absolute atomic E-state index is 0.175. The number of carbonyl (C=O) groups excluding carboxylic acids is 1. The molecule has 2 aromatic rings. The Kier molecular flexibility index (Phi) is 8.48. The van der Waals surface area contributed by atoms with Crippen LogP contribution in [0.2, 0.25) is 5.02 Å².